The maximum atomic E-state index is 3.60. The fraction of sp³-hybridized carbons (Fsp3) is 1.00. The molecular weight excluding hydrogens is 172 g/mol. The molecule has 0 aliphatic rings. The second-order valence-corrected chi connectivity index (χ2v) is 5.47. The van der Waals surface area contributed by atoms with E-state index in [1.807, 2.05) is 0 Å². The zero-order valence-corrected chi connectivity index (χ0v) is 10.9. The molecule has 0 saturated carbocycles. The van der Waals surface area contributed by atoms with Crippen LogP contribution in [0, 0.1) is 5.41 Å². The van der Waals surface area contributed by atoms with Crippen LogP contribution in [0.2, 0.25) is 0 Å². The molecule has 86 valence electrons. The lowest BCUT2D eigenvalue weighted by Gasteiger charge is -2.30. The summed E-state index contributed by atoms with van der Waals surface area (Å²) in [6, 6.07) is 0.654. The van der Waals surface area contributed by atoms with Gasteiger partial charge in [-0.15, -0.1) is 0 Å². The minimum Gasteiger partial charge on any atom is -0.314 e. The van der Waals surface area contributed by atoms with Gasteiger partial charge in [-0.1, -0.05) is 27.2 Å². The quantitative estimate of drug-likeness (QED) is 0.678. The molecule has 0 heterocycles. The summed E-state index contributed by atoms with van der Waals surface area (Å²) in [4.78, 5) is 2.26. The largest absolute Gasteiger partial charge is 0.314 e. The molecule has 0 radical (unpaired) electrons. The summed E-state index contributed by atoms with van der Waals surface area (Å²) < 4.78 is 0. The van der Waals surface area contributed by atoms with Crippen molar-refractivity contribution in [3.8, 4) is 0 Å². The molecule has 2 heteroatoms. The molecule has 0 aromatic carbocycles. The molecule has 0 aromatic heterocycles. The van der Waals surface area contributed by atoms with Gasteiger partial charge in [-0.25, -0.2) is 0 Å². The van der Waals surface area contributed by atoms with E-state index in [-0.39, 0.29) is 0 Å². The van der Waals surface area contributed by atoms with Crippen molar-refractivity contribution in [1.29, 1.82) is 0 Å². The van der Waals surface area contributed by atoms with Gasteiger partial charge in [0.05, 0.1) is 0 Å². The molecule has 0 bridgehead atoms. The molecule has 0 spiro atoms. The molecular formula is C12H28N2. The second-order valence-electron chi connectivity index (χ2n) is 5.47. The van der Waals surface area contributed by atoms with Gasteiger partial charge < -0.3 is 10.2 Å². The van der Waals surface area contributed by atoms with Crippen LogP contribution in [0.25, 0.3) is 0 Å². The van der Waals surface area contributed by atoms with Crippen molar-refractivity contribution in [2.45, 2.75) is 46.6 Å². The second kappa shape index (κ2) is 6.41. The molecule has 0 rings (SSSR count). The third-order valence-corrected chi connectivity index (χ3v) is 2.40. The van der Waals surface area contributed by atoms with Crippen molar-refractivity contribution >= 4 is 0 Å². The summed E-state index contributed by atoms with van der Waals surface area (Å²) in [6.45, 7) is 11.4. The summed E-state index contributed by atoms with van der Waals surface area (Å²) in [5, 5.41) is 3.60. The van der Waals surface area contributed by atoms with E-state index in [0.717, 1.165) is 13.1 Å². The van der Waals surface area contributed by atoms with E-state index in [9.17, 15) is 0 Å². The maximum Gasteiger partial charge on any atom is 0.00388 e. The molecule has 0 aromatic rings. The van der Waals surface area contributed by atoms with Gasteiger partial charge in [0.15, 0.2) is 0 Å². The lowest BCUT2D eigenvalue weighted by atomic mass is 9.92. The van der Waals surface area contributed by atoms with Crippen LogP contribution in [0.4, 0.5) is 0 Å². The number of nitrogens with zero attached hydrogens (tertiary/aromatic N) is 1. The minimum absolute atomic E-state index is 0.367. The van der Waals surface area contributed by atoms with Crippen LogP contribution in [0.1, 0.15) is 40.5 Å². The van der Waals surface area contributed by atoms with Crippen molar-refractivity contribution in [1.82, 2.24) is 10.2 Å². The SMILES string of the molecule is CCC[C@@H](C)NCC(C)(C)CN(C)C. The lowest BCUT2D eigenvalue weighted by molar-refractivity contribution is 0.225. The molecule has 0 aliphatic heterocycles. The smallest absolute Gasteiger partial charge is 0.00388 e. The highest BCUT2D eigenvalue weighted by molar-refractivity contribution is 4.75. The van der Waals surface area contributed by atoms with E-state index in [2.05, 4.69) is 52.0 Å². The topological polar surface area (TPSA) is 15.3 Å². The van der Waals surface area contributed by atoms with Crippen molar-refractivity contribution in [2.24, 2.45) is 5.41 Å². The number of rotatable bonds is 7. The van der Waals surface area contributed by atoms with Crippen LogP contribution >= 0.6 is 0 Å². The Morgan fingerprint density at radius 2 is 1.86 bits per heavy atom. The standard InChI is InChI=1S/C12H28N2/c1-7-8-11(2)13-9-12(3,4)10-14(5)6/h11,13H,7-10H2,1-6H3/t11-/m1/s1. The molecule has 0 amide bonds. The zero-order chi connectivity index (χ0) is 11.2. The van der Waals surface area contributed by atoms with E-state index in [1.165, 1.54) is 12.8 Å². The van der Waals surface area contributed by atoms with Crippen LogP contribution in [0.5, 0.6) is 0 Å². The van der Waals surface area contributed by atoms with Gasteiger partial charge in [-0.2, -0.15) is 0 Å². The predicted molar refractivity (Wildman–Crippen MR) is 64.7 cm³/mol. The van der Waals surface area contributed by atoms with Crippen molar-refractivity contribution in [3.05, 3.63) is 0 Å². The summed E-state index contributed by atoms with van der Waals surface area (Å²) in [5.74, 6) is 0. The molecule has 0 saturated heterocycles. The molecule has 1 N–H and O–H groups in total. The fourth-order valence-corrected chi connectivity index (χ4v) is 1.90. The van der Waals surface area contributed by atoms with Gasteiger partial charge in [0.25, 0.3) is 0 Å². The van der Waals surface area contributed by atoms with Gasteiger partial charge in [-0.3, -0.25) is 0 Å². The first-order valence-electron chi connectivity index (χ1n) is 5.75. The Bertz CT molecular complexity index is 141. The first kappa shape index (κ1) is 13.9. The molecule has 0 unspecified atom stereocenters. The molecule has 1 atom stereocenters. The lowest BCUT2D eigenvalue weighted by Crippen LogP contribution is -2.40. The average molecular weight is 200 g/mol. The van der Waals surface area contributed by atoms with Crippen LogP contribution in [0.15, 0.2) is 0 Å². The van der Waals surface area contributed by atoms with Crippen molar-refractivity contribution < 1.29 is 0 Å². The van der Waals surface area contributed by atoms with Crippen molar-refractivity contribution in [3.63, 3.8) is 0 Å². The van der Waals surface area contributed by atoms with E-state index in [0.29, 0.717) is 11.5 Å². The summed E-state index contributed by atoms with van der Waals surface area (Å²) in [7, 11) is 4.27. The Kier molecular flexibility index (Phi) is 6.38. The first-order chi connectivity index (χ1) is 6.37. The molecule has 2 nitrogen and oxygen atoms in total. The molecule has 0 aliphatic carbocycles. The van der Waals surface area contributed by atoms with Crippen molar-refractivity contribution in [2.75, 3.05) is 27.2 Å². The third kappa shape index (κ3) is 7.34. The minimum atomic E-state index is 0.367. The Morgan fingerprint density at radius 3 is 2.29 bits per heavy atom. The van der Waals surface area contributed by atoms with Crippen LogP contribution < -0.4 is 5.32 Å². The highest BCUT2D eigenvalue weighted by Crippen LogP contribution is 2.14. The van der Waals surface area contributed by atoms with Gasteiger partial charge in [0.2, 0.25) is 0 Å². The monoisotopic (exact) mass is 200 g/mol. The van der Waals surface area contributed by atoms with Gasteiger partial charge in [-0.05, 0) is 32.9 Å². The van der Waals surface area contributed by atoms with Crippen LogP contribution in [0.3, 0.4) is 0 Å². The molecule has 14 heavy (non-hydrogen) atoms. The Hall–Kier alpha value is -0.0800. The van der Waals surface area contributed by atoms with Crippen LogP contribution in [-0.2, 0) is 0 Å². The van der Waals surface area contributed by atoms with E-state index in [1.54, 1.807) is 0 Å². The Balaban J connectivity index is 3.74. The Morgan fingerprint density at radius 1 is 1.29 bits per heavy atom. The molecule has 0 fully saturated rings. The highest BCUT2D eigenvalue weighted by atomic mass is 15.1. The highest BCUT2D eigenvalue weighted by Gasteiger charge is 2.18. The maximum absolute atomic E-state index is 3.60. The average Bonchev–Trinajstić information content (AvgIpc) is 1.99. The van der Waals surface area contributed by atoms with Crippen LogP contribution in [-0.4, -0.2) is 38.1 Å². The number of nitrogens with one attached hydrogen (secondary N) is 1. The summed E-state index contributed by atoms with van der Waals surface area (Å²) in [6.07, 6.45) is 2.54. The summed E-state index contributed by atoms with van der Waals surface area (Å²) in [5.41, 5.74) is 0.367. The first-order valence-corrected chi connectivity index (χ1v) is 5.75. The third-order valence-electron chi connectivity index (χ3n) is 2.40. The van der Waals surface area contributed by atoms with Gasteiger partial charge >= 0.3 is 0 Å². The Labute approximate surface area is 90.1 Å². The summed E-state index contributed by atoms with van der Waals surface area (Å²) >= 11 is 0. The number of hydrogen-bond donors (Lipinski definition) is 1. The number of hydrogen-bond acceptors (Lipinski definition) is 2. The van der Waals surface area contributed by atoms with Gasteiger partial charge in [0.1, 0.15) is 0 Å². The normalized spacial score (nSPS) is 14.8. The zero-order valence-electron chi connectivity index (χ0n) is 10.9. The fourth-order valence-electron chi connectivity index (χ4n) is 1.90. The van der Waals surface area contributed by atoms with E-state index in [4.69, 9.17) is 0 Å². The predicted octanol–water partition coefficient (Wildman–Crippen LogP) is 2.35. The van der Waals surface area contributed by atoms with E-state index < -0.39 is 0 Å². The van der Waals surface area contributed by atoms with E-state index >= 15 is 0 Å². The van der Waals surface area contributed by atoms with Gasteiger partial charge in [0, 0.05) is 19.1 Å².